The highest BCUT2D eigenvalue weighted by Gasteiger charge is 2.28. The molecule has 1 aliphatic heterocycles. The molecule has 1 amide bonds. The summed E-state index contributed by atoms with van der Waals surface area (Å²) in [5, 5.41) is 3.45. The van der Waals surface area contributed by atoms with E-state index in [1.54, 1.807) is 0 Å². The van der Waals surface area contributed by atoms with Crippen molar-refractivity contribution < 1.29 is 4.79 Å². The molecule has 5 heteroatoms. The fourth-order valence-electron chi connectivity index (χ4n) is 3.98. The number of rotatable bonds is 5. The smallest absolute Gasteiger partial charge is 0.223 e. The van der Waals surface area contributed by atoms with Crippen molar-refractivity contribution in [2.45, 2.75) is 64.0 Å². The molecule has 24 heavy (non-hydrogen) atoms. The van der Waals surface area contributed by atoms with Crippen molar-refractivity contribution in [1.82, 2.24) is 15.2 Å². The number of pyridine rings is 1. The molecule has 0 radical (unpaired) electrons. The van der Waals surface area contributed by atoms with Gasteiger partial charge in [0, 0.05) is 18.7 Å². The van der Waals surface area contributed by atoms with Crippen LogP contribution >= 0.6 is 12.4 Å². The van der Waals surface area contributed by atoms with Crippen LogP contribution in [0.3, 0.4) is 0 Å². The van der Waals surface area contributed by atoms with Crippen molar-refractivity contribution >= 4 is 18.3 Å². The van der Waals surface area contributed by atoms with Gasteiger partial charge in [-0.05, 0) is 63.2 Å². The number of aromatic nitrogens is 1. The molecule has 1 saturated carbocycles. The van der Waals surface area contributed by atoms with Crippen molar-refractivity contribution in [3.63, 3.8) is 0 Å². The van der Waals surface area contributed by atoms with E-state index in [2.05, 4.69) is 15.2 Å². The van der Waals surface area contributed by atoms with Crippen molar-refractivity contribution in [3.05, 3.63) is 30.1 Å². The van der Waals surface area contributed by atoms with Crippen LogP contribution in [0.25, 0.3) is 0 Å². The third kappa shape index (κ3) is 5.45. The highest BCUT2D eigenvalue weighted by Crippen LogP contribution is 2.29. The molecule has 1 aliphatic carbocycles. The fraction of sp³-hybridized carbons (Fsp3) is 0.684. The zero-order chi connectivity index (χ0) is 15.9. The largest absolute Gasteiger partial charge is 0.334 e. The number of amides is 1. The summed E-state index contributed by atoms with van der Waals surface area (Å²) in [5.41, 5.74) is 1.00. The molecular formula is C19H30ClN3O. The third-order valence-electron chi connectivity index (χ3n) is 5.30. The third-order valence-corrected chi connectivity index (χ3v) is 5.30. The van der Waals surface area contributed by atoms with Gasteiger partial charge in [-0.1, -0.05) is 18.9 Å². The second kappa shape index (κ2) is 10.00. The highest BCUT2D eigenvalue weighted by molar-refractivity contribution is 5.85. The van der Waals surface area contributed by atoms with Gasteiger partial charge in [0.25, 0.3) is 0 Å². The van der Waals surface area contributed by atoms with Crippen LogP contribution in [-0.4, -0.2) is 34.9 Å². The Bertz CT molecular complexity index is 483. The lowest BCUT2D eigenvalue weighted by molar-refractivity contribution is -0.135. The minimum absolute atomic E-state index is 0. The molecule has 134 valence electrons. The van der Waals surface area contributed by atoms with Crippen LogP contribution in [0.4, 0.5) is 0 Å². The van der Waals surface area contributed by atoms with Gasteiger partial charge in [0.15, 0.2) is 0 Å². The maximum absolute atomic E-state index is 13.0. The number of nitrogens with zero attached hydrogens (tertiary/aromatic N) is 2. The molecule has 1 unspecified atom stereocenters. The number of carbonyl (C=O) groups is 1. The van der Waals surface area contributed by atoms with Gasteiger partial charge in [-0.15, -0.1) is 12.4 Å². The summed E-state index contributed by atoms with van der Waals surface area (Å²) < 4.78 is 0. The maximum atomic E-state index is 13.0. The lowest BCUT2D eigenvalue weighted by Gasteiger charge is -2.32. The Morgan fingerprint density at radius 1 is 1.12 bits per heavy atom. The number of halogens is 1. The van der Waals surface area contributed by atoms with E-state index in [-0.39, 0.29) is 12.4 Å². The fourth-order valence-corrected chi connectivity index (χ4v) is 3.98. The number of hydrogen-bond donors (Lipinski definition) is 1. The average Bonchev–Trinajstić information content (AvgIpc) is 2.93. The van der Waals surface area contributed by atoms with Crippen LogP contribution in [-0.2, 0) is 11.3 Å². The van der Waals surface area contributed by atoms with Crippen LogP contribution in [0.15, 0.2) is 24.4 Å². The predicted octanol–water partition coefficient (Wildman–Crippen LogP) is 3.55. The van der Waals surface area contributed by atoms with E-state index >= 15 is 0 Å². The summed E-state index contributed by atoms with van der Waals surface area (Å²) >= 11 is 0. The summed E-state index contributed by atoms with van der Waals surface area (Å²) in [6, 6.07) is 6.34. The summed E-state index contributed by atoms with van der Waals surface area (Å²) in [5.74, 6) is 0.951. The predicted molar refractivity (Wildman–Crippen MR) is 99.1 cm³/mol. The van der Waals surface area contributed by atoms with Gasteiger partial charge in [-0.25, -0.2) is 0 Å². The van der Waals surface area contributed by atoms with E-state index in [9.17, 15) is 4.79 Å². The van der Waals surface area contributed by atoms with Crippen LogP contribution < -0.4 is 5.32 Å². The lowest BCUT2D eigenvalue weighted by Crippen LogP contribution is -2.41. The normalized spacial score (nSPS) is 21.8. The molecule has 0 aromatic carbocycles. The van der Waals surface area contributed by atoms with Gasteiger partial charge in [-0.3, -0.25) is 9.78 Å². The van der Waals surface area contributed by atoms with Gasteiger partial charge < -0.3 is 10.2 Å². The molecule has 1 saturated heterocycles. The van der Waals surface area contributed by atoms with E-state index in [0.29, 0.717) is 24.4 Å². The van der Waals surface area contributed by atoms with E-state index in [1.165, 1.54) is 25.7 Å². The zero-order valence-electron chi connectivity index (χ0n) is 14.5. The molecule has 0 spiro atoms. The minimum atomic E-state index is 0. The summed E-state index contributed by atoms with van der Waals surface area (Å²) in [6.45, 7) is 2.75. The molecule has 1 atom stereocenters. The summed E-state index contributed by atoms with van der Waals surface area (Å²) in [7, 11) is 0. The van der Waals surface area contributed by atoms with Gasteiger partial charge in [0.05, 0.1) is 12.2 Å². The van der Waals surface area contributed by atoms with Gasteiger partial charge in [0.2, 0.25) is 5.91 Å². The number of carbonyl (C=O) groups excluding carboxylic acids is 1. The Labute approximate surface area is 151 Å². The van der Waals surface area contributed by atoms with Crippen molar-refractivity contribution in [1.29, 1.82) is 0 Å². The van der Waals surface area contributed by atoms with Gasteiger partial charge >= 0.3 is 0 Å². The Morgan fingerprint density at radius 3 is 2.71 bits per heavy atom. The molecule has 0 bridgehead atoms. The molecule has 4 nitrogen and oxygen atoms in total. The number of nitrogens with one attached hydrogen (secondary N) is 1. The molecule has 3 rings (SSSR count). The first-order valence-corrected chi connectivity index (χ1v) is 9.23. The molecule has 1 N–H and O–H groups in total. The SMILES string of the molecule is Cl.O=C(CC1CCCC1)N(Cc1ccccn1)C1CCCNCC1. The quantitative estimate of drug-likeness (QED) is 0.882. The van der Waals surface area contributed by atoms with Crippen LogP contribution in [0, 0.1) is 5.92 Å². The molecule has 2 aliphatic rings. The second-order valence-corrected chi connectivity index (χ2v) is 7.03. The van der Waals surface area contributed by atoms with Gasteiger partial charge in [0.1, 0.15) is 0 Å². The Kier molecular flexibility index (Phi) is 8.00. The molecule has 2 fully saturated rings. The molecule has 1 aromatic rings. The standard InChI is InChI=1S/C19H29N3O.ClH/c23-19(14-16-6-1-2-7-16)22(15-17-8-3-4-12-21-17)18-9-5-11-20-13-10-18;/h3-4,8,12,16,18,20H,1-2,5-7,9-11,13-15H2;1H. The monoisotopic (exact) mass is 351 g/mol. The van der Waals surface area contributed by atoms with Crippen molar-refractivity contribution in [2.75, 3.05) is 13.1 Å². The average molecular weight is 352 g/mol. The highest BCUT2D eigenvalue weighted by atomic mass is 35.5. The molecule has 1 aromatic heterocycles. The second-order valence-electron chi connectivity index (χ2n) is 7.03. The lowest BCUT2D eigenvalue weighted by atomic mass is 10.0. The van der Waals surface area contributed by atoms with Crippen LogP contribution in [0.2, 0.25) is 0 Å². The van der Waals surface area contributed by atoms with Crippen molar-refractivity contribution in [3.8, 4) is 0 Å². The zero-order valence-corrected chi connectivity index (χ0v) is 15.3. The first kappa shape index (κ1) is 19.2. The van der Waals surface area contributed by atoms with E-state index < -0.39 is 0 Å². The Morgan fingerprint density at radius 2 is 1.96 bits per heavy atom. The topological polar surface area (TPSA) is 45.2 Å². The number of hydrogen-bond acceptors (Lipinski definition) is 3. The molecule has 2 heterocycles. The van der Waals surface area contributed by atoms with E-state index in [1.807, 2.05) is 24.4 Å². The van der Waals surface area contributed by atoms with Crippen LogP contribution in [0.5, 0.6) is 0 Å². The van der Waals surface area contributed by atoms with Gasteiger partial charge in [-0.2, -0.15) is 0 Å². The van der Waals surface area contributed by atoms with E-state index in [4.69, 9.17) is 0 Å². The first-order chi connectivity index (χ1) is 11.3. The molecular weight excluding hydrogens is 322 g/mol. The Hall–Kier alpha value is -1.13. The first-order valence-electron chi connectivity index (χ1n) is 9.23. The van der Waals surface area contributed by atoms with E-state index in [0.717, 1.165) is 44.5 Å². The summed E-state index contributed by atoms with van der Waals surface area (Å²) in [6.07, 6.45) is 10.9. The maximum Gasteiger partial charge on any atom is 0.223 e. The Balaban J connectivity index is 0.00000208. The minimum Gasteiger partial charge on any atom is -0.334 e. The van der Waals surface area contributed by atoms with Crippen molar-refractivity contribution in [2.24, 2.45) is 5.92 Å². The van der Waals surface area contributed by atoms with Crippen LogP contribution in [0.1, 0.15) is 57.1 Å². The summed E-state index contributed by atoms with van der Waals surface area (Å²) in [4.78, 5) is 19.6.